The number of Topliss-reactive ketones (excluding diaryl/α,β-unsaturated/α-hetero) is 1. The molecule has 36 heavy (non-hydrogen) atoms. The van der Waals surface area contributed by atoms with Crippen LogP contribution in [0.15, 0.2) is 11.6 Å². The minimum atomic E-state index is -0.00840. The van der Waals surface area contributed by atoms with Gasteiger partial charge in [-0.3, -0.25) is 9.59 Å². The molecule has 0 spiro atoms. The minimum Gasteiger partial charge on any atom is -0.462 e. The van der Waals surface area contributed by atoms with E-state index in [1.807, 2.05) is 6.92 Å². The standard InChI is InChI=1S/C31H49NO3.ClH/c1-21(33)25-9-10-26-24-8-7-22-19-23(11-15-30(22,4)27(24)12-16-31(25,26)5)35-28(34)13-18-32-17-6-14-29(2,3)20-32;/h7,23-27H,6,8-20H2,1-5H3;1H/t23-,24-,25?,26-,27-,30-,31+;/m0./s1. The number of fused-ring (bicyclic) bond motifs is 5. The molecule has 0 bridgehead atoms. The van der Waals surface area contributed by atoms with Gasteiger partial charge in [-0.15, -0.1) is 12.4 Å². The first-order valence-electron chi connectivity index (χ1n) is 14.6. The number of carbonyl (C=O) groups is 2. The summed E-state index contributed by atoms with van der Waals surface area (Å²) in [5.41, 5.74) is 2.39. The van der Waals surface area contributed by atoms with Gasteiger partial charge in [-0.25, -0.2) is 0 Å². The molecule has 0 aromatic carbocycles. The summed E-state index contributed by atoms with van der Waals surface area (Å²) in [4.78, 5) is 27.6. The number of halogens is 1. The highest BCUT2D eigenvalue weighted by molar-refractivity contribution is 5.85. The maximum Gasteiger partial charge on any atom is 0.307 e. The molecule has 0 radical (unpaired) electrons. The second-order valence-electron chi connectivity index (χ2n) is 14.2. The Bertz CT molecular complexity index is 883. The predicted molar refractivity (Wildman–Crippen MR) is 147 cm³/mol. The van der Waals surface area contributed by atoms with Gasteiger partial charge in [0.15, 0.2) is 0 Å². The summed E-state index contributed by atoms with van der Waals surface area (Å²) in [6.45, 7) is 14.5. The number of ketones is 1. The molecule has 0 aromatic heterocycles. The van der Waals surface area contributed by atoms with Gasteiger partial charge >= 0.3 is 5.97 Å². The maximum atomic E-state index is 12.7. The molecule has 7 atom stereocenters. The van der Waals surface area contributed by atoms with Crippen LogP contribution >= 0.6 is 12.4 Å². The van der Waals surface area contributed by atoms with Crippen molar-refractivity contribution in [3.8, 4) is 0 Å². The Labute approximate surface area is 225 Å². The smallest absolute Gasteiger partial charge is 0.307 e. The number of hydrogen-bond donors (Lipinski definition) is 0. The molecule has 5 rings (SSSR count). The predicted octanol–water partition coefficient (Wildman–Crippen LogP) is 7.00. The molecule has 0 N–H and O–H groups in total. The Hall–Kier alpha value is -0.870. The van der Waals surface area contributed by atoms with E-state index >= 15 is 0 Å². The highest BCUT2D eigenvalue weighted by Gasteiger charge is 2.59. The van der Waals surface area contributed by atoms with E-state index in [1.165, 1.54) is 32.1 Å². The highest BCUT2D eigenvalue weighted by atomic mass is 35.5. The number of carbonyl (C=O) groups excluding carboxylic acids is 2. The van der Waals surface area contributed by atoms with Crippen LogP contribution in [0.1, 0.15) is 105 Å². The second kappa shape index (κ2) is 10.4. The lowest BCUT2D eigenvalue weighted by Gasteiger charge is -2.58. The van der Waals surface area contributed by atoms with Crippen molar-refractivity contribution in [2.24, 2.45) is 39.9 Å². The third kappa shape index (κ3) is 5.07. The van der Waals surface area contributed by atoms with Gasteiger partial charge in [0.1, 0.15) is 11.9 Å². The van der Waals surface area contributed by atoms with Gasteiger partial charge in [0.2, 0.25) is 0 Å². The molecule has 4 fully saturated rings. The Balaban J connectivity index is 0.00000304. The number of esters is 1. The van der Waals surface area contributed by atoms with Crippen LogP contribution in [0.3, 0.4) is 0 Å². The summed E-state index contributed by atoms with van der Waals surface area (Å²) in [6, 6.07) is 0. The molecule has 4 nitrogen and oxygen atoms in total. The van der Waals surface area contributed by atoms with E-state index in [2.05, 4.69) is 38.7 Å². The number of hydrogen-bond acceptors (Lipinski definition) is 4. The monoisotopic (exact) mass is 519 g/mol. The van der Waals surface area contributed by atoms with Crippen LogP contribution in [0.25, 0.3) is 0 Å². The quantitative estimate of drug-likeness (QED) is 0.290. The van der Waals surface area contributed by atoms with Crippen molar-refractivity contribution in [2.75, 3.05) is 19.6 Å². The number of likely N-dealkylation sites (tertiary alicyclic amines) is 1. The van der Waals surface area contributed by atoms with E-state index in [0.29, 0.717) is 23.5 Å². The van der Waals surface area contributed by atoms with Crippen LogP contribution in [0, 0.1) is 39.9 Å². The van der Waals surface area contributed by atoms with Crippen molar-refractivity contribution in [3.63, 3.8) is 0 Å². The molecular weight excluding hydrogens is 470 g/mol. The number of rotatable bonds is 5. The van der Waals surface area contributed by atoms with Crippen LogP contribution in [0.4, 0.5) is 0 Å². The van der Waals surface area contributed by atoms with Crippen LogP contribution in [0.5, 0.6) is 0 Å². The average Bonchev–Trinajstić information content (AvgIpc) is 3.15. The van der Waals surface area contributed by atoms with Crippen LogP contribution < -0.4 is 0 Å². The largest absolute Gasteiger partial charge is 0.462 e. The van der Waals surface area contributed by atoms with Crippen molar-refractivity contribution >= 4 is 24.2 Å². The van der Waals surface area contributed by atoms with E-state index in [-0.39, 0.29) is 41.2 Å². The van der Waals surface area contributed by atoms with Crippen molar-refractivity contribution < 1.29 is 14.3 Å². The van der Waals surface area contributed by atoms with E-state index in [4.69, 9.17) is 4.74 Å². The first-order valence-corrected chi connectivity index (χ1v) is 14.6. The molecule has 5 aliphatic rings. The molecule has 1 saturated heterocycles. The first kappa shape index (κ1) is 28.1. The lowest BCUT2D eigenvalue weighted by atomic mass is 9.47. The zero-order valence-corrected chi connectivity index (χ0v) is 24.3. The molecule has 0 aromatic rings. The summed E-state index contributed by atoms with van der Waals surface area (Å²) >= 11 is 0. The van der Waals surface area contributed by atoms with Crippen LogP contribution in [-0.4, -0.2) is 42.4 Å². The van der Waals surface area contributed by atoms with E-state index in [1.54, 1.807) is 5.57 Å². The Morgan fingerprint density at radius 3 is 2.53 bits per heavy atom. The summed E-state index contributed by atoms with van der Waals surface area (Å²) in [7, 11) is 0. The topological polar surface area (TPSA) is 46.6 Å². The fourth-order valence-electron chi connectivity index (χ4n) is 9.63. The molecular formula is C31H50ClNO3. The minimum absolute atomic E-state index is 0. The third-order valence-electron chi connectivity index (χ3n) is 11.5. The number of nitrogens with zero attached hydrogens (tertiary/aromatic N) is 1. The van der Waals surface area contributed by atoms with Gasteiger partial charge in [-0.05, 0) is 105 Å². The summed E-state index contributed by atoms with van der Waals surface area (Å²) in [5, 5.41) is 0. The Morgan fingerprint density at radius 1 is 1.03 bits per heavy atom. The zero-order chi connectivity index (χ0) is 25.0. The number of ether oxygens (including phenoxy) is 1. The Kier molecular flexibility index (Phi) is 8.10. The van der Waals surface area contributed by atoms with Gasteiger partial charge in [0.05, 0.1) is 6.42 Å². The third-order valence-corrected chi connectivity index (χ3v) is 11.5. The van der Waals surface area contributed by atoms with Crippen molar-refractivity contribution in [3.05, 3.63) is 11.6 Å². The zero-order valence-electron chi connectivity index (χ0n) is 23.4. The summed E-state index contributed by atoms with van der Waals surface area (Å²) in [5.74, 6) is 2.83. The second-order valence-corrected chi connectivity index (χ2v) is 14.2. The van der Waals surface area contributed by atoms with Crippen LogP contribution in [-0.2, 0) is 14.3 Å². The molecule has 1 aliphatic heterocycles. The molecule has 1 heterocycles. The summed E-state index contributed by atoms with van der Waals surface area (Å²) < 4.78 is 6.05. The molecule has 0 amide bonds. The molecule has 5 heteroatoms. The van der Waals surface area contributed by atoms with E-state index < -0.39 is 0 Å². The molecule has 4 aliphatic carbocycles. The molecule has 1 unspecified atom stereocenters. The number of piperidine rings is 1. The van der Waals surface area contributed by atoms with E-state index in [9.17, 15) is 9.59 Å². The van der Waals surface area contributed by atoms with E-state index in [0.717, 1.165) is 63.6 Å². The van der Waals surface area contributed by atoms with Gasteiger partial charge in [0.25, 0.3) is 0 Å². The SMILES string of the molecule is CC(=O)C1CC[C@H]2[C@@H]3CC=C4C[C@@H](OC(=O)CCN5CCCC(C)(C)C5)CC[C@]4(C)[C@H]3CC[C@]12C.Cl. The van der Waals surface area contributed by atoms with Crippen LogP contribution in [0.2, 0.25) is 0 Å². The first-order chi connectivity index (χ1) is 16.5. The average molecular weight is 520 g/mol. The van der Waals surface area contributed by atoms with Crippen molar-refractivity contribution in [1.82, 2.24) is 4.90 Å². The van der Waals surface area contributed by atoms with Gasteiger partial charge < -0.3 is 9.64 Å². The van der Waals surface area contributed by atoms with Gasteiger partial charge in [0, 0.05) is 25.4 Å². The maximum absolute atomic E-state index is 12.7. The lowest BCUT2D eigenvalue weighted by molar-refractivity contribution is -0.152. The Morgan fingerprint density at radius 2 is 1.81 bits per heavy atom. The van der Waals surface area contributed by atoms with Gasteiger partial charge in [-0.2, -0.15) is 0 Å². The van der Waals surface area contributed by atoms with Crippen molar-refractivity contribution in [2.45, 2.75) is 111 Å². The normalized spacial score (nSPS) is 41.7. The molecule has 3 saturated carbocycles. The fourth-order valence-corrected chi connectivity index (χ4v) is 9.63. The van der Waals surface area contributed by atoms with Gasteiger partial charge in [-0.1, -0.05) is 39.3 Å². The van der Waals surface area contributed by atoms with Crippen molar-refractivity contribution in [1.29, 1.82) is 0 Å². The lowest BCUT2D eigenvalue weighted by Crippen LogP contribution is -2.51. The molecule has 204 valence electrons. The summed E-state index contributed by atoms with van der Waals surface area (Å²) in [6.07, 6.45) is 14.6. The fraction of sp³-hybridized carbons (Fsp3) is 0.871. The number of allylic oxidation sites excluding steroid dienone is 1. The highest BCUT2D eigenvalue weighted by Crippen LogP contribution is 2.66.